The summed E-state index contributed by atoms with van der Waals surface area (Å²) in [7, 11) is 0. The van der Waals surface area contributed by atoms with Crippen LogP contribution >= 0.6 is 0 Å². The molecular formula is C18H32N2O. The van der Waals surface area contributed by atoms with Crippen LogP contribution in [0.1, 0.15) is 57.1 Å². The number of nitrogens with one attached hydrogen (secondary N) is 1. The molecule has 1 N–H and O–H groups in total. The fourth-order valence-electron chi connectivity index (χ4n) is 2.88. The summed E-state index contributed by atoms with van der Waals surface area (Å²) >= 11 is 0. The highest BCUT2D eigenvalue weighted by Gasteiger charge is 2.21. The van der Waals surface area contributed by atoms with E-state index >= 15 is 0 Å². The Labute approximate surface area is 130 Å². The summed E-state index contributed by atoms with van der Waals surface area (Å²) in [6.07, 6.45) is 4.25. The van der Waals surface area contributed by atoms with Crippen LogP contribution in [0.5, 0.6) is 0 Å². The van der Waals surface area contributed by atoms with Gasteiger partial charge in [0, 0.05) is 6.54 Å². The number of hydrogen-bond donors (Lipinski definition) is 1. The van der Waals surface area contributed by atoms with Crippen molar-refractivity contribution in [1.29, 1.82) is 0 Å². The third-order valence-corrected chi connectivity index (χ3v) is 4.48. The molecule has 0 saturated heterocycles. The van der Waals surface area contributed by atoms with Crippen molar-refractivity contribution in [2.45, 2.75) is 60.0 Å². The van der Waals surface area contributed by atoms with E-state index in [0.717, 1.165) is 43.6 Å². The van der Waals surface area contributed by atoms with Gasteiger partial charge in [0.05, 0.1) is 13.1 Å². The highest BCUT2D eigenvalue weighted by molar-refractivity contribution is 5.20. The van der Waals surface area contributed by atoms with Crippen LogP contribution in [0.15, 0.2) is 10.5 Å². The summed E-state index contributed by atoms with van der Waals surface area (Å²) in [5.74, 6) is 3.83. The highest BCUT2D eigenvalue weighted by Crippen LogP contribution is 2.27. The van der Waals surface area contributed by atoms with Gasteiger partial charge in [-0.05, 0) is 56.3 Å². The van der Waals surface area contributed by atoms with Crippen molar-refractivity contribution in [2.75, 3.05) is 19.6 Å². The van der Waals surface area contributed by atoms with Crippen molar-refractivity contribution in [3.63, 3.8) is 0 Å². The van der Waals surface area contributed by atoms with Crippen molar-refractivity contribution >= 4 is 0 Å². The van der Waals surface area contributed by atoms with Crippen LogP contribution in [-0.4, -0.2) is 24.5 Å². The van der Waals surface area contributed by atoms with E-state index in [2.05, 4.69) is 44.0 Å². The summed E-state index contributed by atoms with van der Waals surface area (Å²) in [5, 5.41) is 3.47. The molecule has 0 aromatic carbocycles. The molecule has 0 spiro atoms. The van der Waals surface area contributed by atoms with Crippen LogP contribution in [0.3, 0.4) is 0 Å². The van der Waals surface area contributed by atoms with Gasteiger partial charge in [-0.25, -0.2) is 0 Å². The largest absolute Gasteiger partial charge is 0.463 e. The van der Waals surface area contributed by atoms with E-state index in [4.69, 9.17) is 4.42 Å². The molecule has 1 aliphatic rings. The van der Waals surface area contributed by atoms with Gasteiger partial charge in [-0.15, -0.1) is 0 Å². The van der Waals surface area contributed by atoms with Gasteiger partial charge in [-0.3, -0.25) is 4.90 Å². The normalized spacial score (nSPS) is 15.9. The first-order chi connectivity index (χ1) is 10.1. The quantitative estimate of drug-likeness (QED) is 0.747. The summed E-state index contributed by atoms with van der Waals surface area (Å²) in [6.45, 7) is 14.0. The van der Waals surface area contributed by atoms with Gasteiger partial charge in [0.15, 0.2) is 0 Å². The first kappa shape index (κ1) is 16.6. The molecule has 1 heterocycles. The molecule has 2 rings (SSSR count). The molecule has 0 atom stereocenters. The third kappa shape index (κ3) is 5.15. The minimum absolute atomic E-state index is 0.679. The Morgan fingerprint density at radius 3 is 2.71 bits per heavy atom. The van der Waals surface area contributed by atoms with Gasteiger partial charge in [-0.1, -0.05) is 27.2 Å². The predicted octanol–water partition coefficient (Wildman–Crippen LogP) is 3.96. The Morgan fingerprint density at radius 1 is 1.38 bits per heavy atom. The lowest BCUT2D eigenvalue weighted by atomic mass is 9.85. The lowest BCUT2D eigenvalue weighted by molar-refractivity contribution is 0.168. The SMILES string of the molecule is CCN(Cc1cc(C)c(CNCC(C)C)o1)CC1CCC1. The second-order valence-corrected chi connectivity index (χ2v) is 6.97. The zero-order chi connectivity index (χ0) is 15.2. The Morgan fingerprint density at radius 2 is 2.14 bits per heavy atom. The molecular weight excluding hydrogens is 260 g/mol. The highest BCUT2D eigenvalue weighted by atomic mass is 16.3. The number of hydrogen-bond acceptors (Lipinski definition) is 3. The van der Waals surface area contributed by atoms with Gasteiger partial charge in [-0.2, -0.15) is 0 Å². The molecule has 1 saturated carbocycles. The Bertz CT molecular complexity index is 421. The Kier molecular flexibility index (Phi) is 6.31. The monoisotopic (exact) mass is 292 g/mol. The third-order valence-electron chi connectivity index (χ3n) is 4.48. The topological polar surface area (TPSA) is 28.4 Å². The number of aryl methyl sites for hydroxylation is 1. The Hall–Kier alpha value is -0.800. The summed E-state index contributed by atoms with van der Waals surface area (Å²) in [6, 6.07) is 2.22. The average molecular weight is 292 g/mol. The maximum atomic E-state index is 6.06. The Balaban J connectivity index is 1.84. The van der Waals surface area contributed by atoms with Gasteiger partial charge in [0.25, 0.3) is 0 Å². The van der Waals surface area contributed by atoms with Crippen molar-refractivity contribution in [1.82, 2.24) is 10.2 Å². The minimum Gasteiger partial charge on any atom is -0.463 e. The standard InChI is InChI=1S/C18H32N2O/c1-5-20(12-16-7-6-8-16)13-17-9-15(4)18(21-17)11-19-10-14(2)3/h9,14,16,19H,5-8,10-13H2,1-4H3. The molecule has 3 heteroatoms. The molecule has 120 valence electrons. The lowest BCUT2D eigenvalue weighted by Crippen LogP contribution is -2.31. The number of rotatable bonds is 9. The molecule has 1 fully saturated rings. The fourth-order valence-corrected chi connectivity index (χ4v) is 2.88. The molecule has 0 amide bonds. The molecule has 0 radical (unpaired) electrons. The molecule has 3 nitrogen and oxygen atoms in total. The van der Waals surface area contributed by atoms with Crippen LogP contribution in [0.2, 0.25) is 0 Å². The zero-order valence-corrected chi connectivity index (χ0v) is 14.2. The first-order valence-electron chi connectivity index (χ1n) is 8.59. The van der Waals surface area contributed by atoms with Gasteiger partial charge < -0.3 is 9.73 Å². The molecule has 0 unspecified atom stereocenters. The first-order valence-corrected chi connectivity index (χ1v) is 8.59. The molecule has 0 bridgehead atoms. The average Bonchev–Trinajstić information content (AvgIpc) is 2.72. The molecule has 1 aliphatic carbocycles. The van der Waals surface area contributed by atoms with E-state index in [0.29, 0.717) is 5.92 Å². The van der Waals surface area contributed by atoms with E-state index in [1.165, 1.54) is 31.4 Å². The maximum absolute atomic E-state index is 6.06. The fraction of sp³-hybridized carbons (Fsp3) is 0.778. The van der Waals surface area contributed by atoms with E-state index in [1.54, 1.807) is 0 Å². The van der Waals surface area contributed by atoms with Crippen LogP contribution in [0.25, 0.3) is 0 Å². The minimum atomic E-state index is 0.679. The van der Waals surface area contributed by atoms with Crippen LogP contribution in [0.4, 0.5) is 0 Å². The van der Waals surface area contributed by atoms with Gasteiger partial charge in [0.1, 0.15) is 11.5 Å². The lowest BCUT2D eigenvalue weighted by Gasteiger charge is -2.31. The molecule has 1 aromatic heterocycles. The van der Waals surface area contributed by atoms with Crippen molar-refractivity contribution in [2.24, 2.45) is 11.8 Å². The molecule has 1 aromatic rings. The summed E-state index contributed by atoms with van der Waals surface area (Å²) < 4.78 is 6.06. The summed E-state index contributed by atoms with van der Waals surface area (Å²) in [5.41, 5.74) is 1.28. The molecule has 21 heavy (non-hydrogen) atoms. The summed E-state index contributed by atoms with van der Waals surface area (Å²) in [4.78, 5) is 2.52. The van der Waals surface area contributed by atoms with Crippen molar-refractivity contribution in [3.05, 3.63) is 23.2 Å². The second kappa shape index (κ2) is 8.00. The van der Waals surface area contributed by atoms with Crippen molar-refractivity contribution < 1.29 is 4.42 Å². The van der Waals surface area contributed by atoms with Crippen molar-refractivity contribution in [3.8, 4) is 0 Å². The molecule has 0 aliphatic heterocycles. The maximum Gasteiger partial charge on any atom is 0.120 e. The second-order valence-electron chi connectivity index (χ2n) is 6.97. The van der Waals surface area contributed by atoms with E-state index in [9.17, 15) is 0 Å². The van der Waals surface area contributed by atoms with Crippen LogP contribution < -0.4 is 5.32 Å². The zero-order valence-electron chi connectivity index (χ0n) is 14.2. The van der Waals surface area contributed by atoms with E-state index < -0.39 is 0 Å². The predicted molar refractivity (Wildman–Crippen MR) is 88.3 cm³/mol. The van der Waals surface area contributed by atoms with Crippen LogP contribution in [0, 0.1) is 18.8 Å². The van der Waals surface area contributed by atoms with Gasteiger partial charge in [0.2, 0.25) is 0 Å². The van der Waals surface area contributed by atoms with Gasteiger partial charge >= 0.3 is 0 Å². The number of furan rings is 1. The van der Waals surface area contributed by atoms with Crippen LogP contribution in [-0.2, 0) is 13.1 Å². The van der Waals surface area contributed by atoms with E-state index in [-0.39, 0.29) is 0 Å². The van der Waals surface area contributed by atoms with E-state index in [1.807, 2.05) is 0 Å². The number of nitrogens with zero attached hydrogens (tertiary/aromatic N) is 1. The smallest absolute Gasteiger partial charge is 0.120 e.